The highest BCUT2D eigenvalue weighted by atomic mass is 127. The van der Waals surface area contributed by atoms with Crippen LogP contribution in [0, 0.1) is 0 Å². The molecule has 0 unspecified atom stereocenters. The van der Waals surface area contributed by atoms with Crippen LogP contribution < -0.4 is 20.7 Å². The minimum absolute atomic E-state index is 0. The Bertz CT molecular complexity index is 786. The summed E-state index contributed by atoms with van der Waals surface area (Å²) < 4.78 is 5.72. The van der Waals surface area contributed by atoms with Gasteiger partial charge in [-0.1, -0.05) is 29.8 Å². The second kappa shape index (κ2) is 13.2. The zero-order valence-corrected chi connectivity index (χ0v) is 19.1. The maximum Gasteiger partial charge on any atom is 0.221 e. The first kappa shape index (κ1) is 24.0. The molecule has 28 heavy (non-hydrogen) atoms. The molecule has 0 saturated heterocycles. The van der Waals surface area contributed by atoms with E-state index < -0.39 is 0 Å². The number of carbonyl (C=O) groups excluding carboxylic acids is 1. The van der Waals surface area contributed by atoms with E-state index in [0.717, 1.165) is 12.1 Å². The van der Waals surface area contributed by atoms with Gasteiger partial charge in [-0.25, -0.2) is 4.99 Å². The number of amides is 1. The lowest BCUT2D eigenvalue weighted by molar-refractivity contribution is -0.114. The minimum Gasteiger partial charge on any atom is -0.492 e. The molecule has 2 aromatic carbocycles. The molecule has 2 rings (SSSR count). The molecular weight excluding hydrogens is 491 g/mol. The van der Waals surface area contributed by atoms with E-state index in [4.69, 9.17) is 16.3 Å². The summed E-state index contributed by atoms with van der Waals surface area (Å²) in [4.78, 5) is 15.7. The molecule has 0 heterocycles. The van der Waals surface area contributed by atoms with Gasteiger partial charge in [0.05, 0.1) is 13.1 Å². The maximum absolute atomic E-state index is 11.1. The van der Waals surface area contributed by atoms with Gasteiger partial charge in [0.15, 0.2) is 5.96 Å². The van der Waals surface area contributed by atoms with Crippen LogP contribution in [-0.2, 0) is 11.3 Å². The monoisotopic (exact) mass is 516 g/mol. The van der Waals surface area contributed by atoms with Crippen molar-refractivity contribution in [3.63, 3.8) is 0 Å². The Morgan fingerprint density at radius 1 is 1.14 bits per heavy atom. The Labute approximate surface area is 188 Å². The molecule has 0 radical (unpaired) electrons. The van der Waals surface area contributed by atoms with Crippen LogP contribution in [0.4, 0.5) is 5.69 Å². The van der Waals surface area contributed by atoms with Gasteiger partial charge in [0.1, 0.15) is 12.4 Å². The SMILES string of the molecule is CCNC(=NCc1cccc(Cl)c1)NCCOc1cccc(NC(C)=O)c1.I. The van der Waals surface area contributed by atoms with E-state index in [1.165, 1.54) is 6.92 Å². The van der Waals surface area contributed by atoms with E-state index in [-0.39, 0.29) is 29.9 Å². The van der Waals surface area contributed by atoms with Gasteiger partial charge in [-0.3, -0.25) is 4.79 Å². The third-order valence-electron chi connectivity index (χ3n) is 3.47. The van der Waals surface area contributed by atoms with Gasteiger partial charge in [0, 0.05) is 30.2 Å². The van der Waals surface area contributed by atoms with Crippen LogP contribution in [0.2, 0.25) is 5.02 Å². The number of rotatable bonds is 8. The van der Waals surface area contributed by atoms with Crippen LogP contribution in [0.1, 0.15) is 19.4 Å². The Morgan fingerprint density at radius 2 is 1.93 bits per heavy atom. The number of hydrogen-bond acceptors (Lipinski definition) is 3. The number of guanidine groups is 1. The van der Waals surface area contributed by atoms with E-state index in [2.05, 4.69) is 20.9 Å². The van der Waals surface area contributed by atoms with Gasteiger partial charge in [-0.05, 0) is 36.8 Å². The molecule has 0 aliphatic rings. The van der Waals surface area contributed by atoms with E-state index in [0.29, 0.717) is 42.1 Å². The summed E-state index contributed by atoms with van der Waals surface area (Å²) in [6.45, 7) is 5.84. The third-order valence-corrected chi connectivity index (χ3v) is 3.71. The lowest BCUT2D eigenvalue weighted by Crippen LogP contribution is -2.39. The van der Waals surface area contributed by atoms with Crippen molar-refractivity contribution >= 4 is 53.1 Å². The summed E-state index contributed by atoms with van der Waals surface area (Å²) in [7, 11) is 0. The Balaban J connectivity index is 0.00000392. The number of anilines is 1. The number of carbonyl (C=O) groups is 1. The summed E-state index contributed by atoms with van der Waals surface area (Å²) in [5, 5.41) is 9.87. The molecule has 1 amide bonds. The number of nitrogens with one attached hydrogen (secondary N) is 3. The fourth-order valence-corrected chi connectivity index (χ4v) is 2.57. The summed E-state index contributed by atoms with van der Waals surface area (Å²) in [5.74, 6) is 1.30. The van der Waals surface area contributed by atoms with Crippen molar-refractivity contribution in [2.75, 3.05) is 25.0 Å². The Morgan fingerprint density at radius 3 is 2.64 bits per heavy atom. The zero-order chi connectivity index (χ0) is 19.5. The number of benzene rings is 2. The van der Waals surface area contributed by atoms with Crippen LogP contribution >= 0.6 is 35.6 Å². The van der Waals surface area contributed by atoms with Crippen LogP contribution in [0.25, 0.3) is 0 Å². The fourth-order valence-electron chi connectivity index (χ4n) is 2.35. The highest BCUT2D eigenvalue weighted by Gasteiger charge is 2.01. The largest absolute Gasteiger partial charge is 0.492 e. The summed E-state index contributed by atoms with van der Waals surface area (Å²) >= 11 is 6.00. The number of ether oxygens (including phenoxy) is 1. The smallest absolute Gasteiger partial charge is 0.221 e. The summed E-state index contributed by atoms with van der Waals surface area (Å²) in [6.07, 6.45) is 0. The number of halogens is 2. The predicted molar refractivity (Wildman–Crippen MR) is 126 cm³/mol. The highest BCUT2D eigenvalue weighted by molar-refractivity contribution is 14.0. The fraction of sp³-hybridized carbons (Fsp3) is 0.300. The summed E-state index contributed by atoms with van der Waals surface area (Å²) in [6, 6.07) is 14.9. The lowest BCUT2D eigenvalue weighted by Gasteiger charge is -2.12. The minimum atomic E-state index is -0.111. The number of hydrogen-bond donors (Lipinski definition) is 3. The van der Waals surface area contributed by atoms with E-state index in [1.807, 2.05) is 49.4 Å². The average molecular weight is 517 g/mol. The molecule has 0 spiro atoms. The van der Waals surface area contributed by atoms with Crippen LogP contribution in [0.3, 0.4) is 0 Å². The first-order chi connectivity index (χ1) is 13.1. The topological polar surface area (TPSA) is 74.8 Å². The van der Waals surface area contributed by atoms with Crippen molar-refractivity contribution in [1.29, 1.82) is 0 Å². The van der Waals surface area contributed by atoms with E-state index in [1.54, 1.807) is 6.07 Å². The van der Waals surface area contributed by atoms with Gasteiger partial charge in [-0.2, -0.15) is 0 Å². The van der Waals surface area contributed by atoms with E-state index in [9.17, 15) is 4.79 Å². The molecule has 0 aliphatic carbocycles. The molecule has 0 saturated carbocycles. The lowest BCUT2D eigenvalue weighted by atomic mass is 10.2. The molecule has 2 aromatic rings. The molecule has 0 atom stereocenters. The van der Waals surface area contributed by atoms with Gasteiger partial charge in [0.2, 0.25) is 5.91 Å². The molecule has 8 heteroatoms. The first-order valence-electron chi connectivity index (χ1n) is 8.84. The summed E-state index contributed by atoms with van der Waals surface area (Å²) in [5.41, 5.74) is 1.76. The van der Waals surface area contributed by atoms with Crippen LogP contribution in [0.15, 0.2) is 53.5 Å². The maximum atomic E-state index is 11.1. The van der Waals surface area contributed by atoms with Crippen molar-refractivity contribution in [3.8, 4) is 5.75 Å². The van der Waals surface area contributed by atoms with Gasteiger partial charge in [0.25, 0.3) is 0 Å². The predicted octanol–water partition coefficient (Wildman–Crippen LogP) is 4.05. The van der Waals surface area contributed by atoms with Crippen LogP contribution in [0.5, 0.6) is 5.75 Å². The first-order valence-corrected chi connectivity index (χ1v) is 9.21. The number of aliphatic imine (C=N–C) groups is 1. The van der Waals surface area contributed by atoms with Gasteiger partial charge >= 0.3 is 0 Å². The van der Waals surface area contributed by atoms with Gasteiger partial charge < -0.3 is 20.7 Å². The van der Waals surface area contributed by atoms with Gasteiger partial charge in [-0.15, -0.1) is 24.0 Å². The van der Waals surface area contributed by atoms with E-state index >= 15 is 0 Å². The third kappa shape index (κ3) is 9.27. The van der Waals surface area contributed by atoms with Crippen LogP contribution in [-0.4, -0.2) is 31.6 Å². The van der Waals surface area contributed by atoms with Crippen molar-refractivity contribution in [3.05, 3.63) is 59.1 Å². The Hall–Kier alpha value is -2.00. The molecule has 152 valence electrons. The average Bonchev–Trinajstić information content (AvgIpc) is 2.63. The molecule has 6 nitrogen and oxygen atoms in total. The Kier molecular flexibility index (Phi) is 11.4. The van der Waals surface area contributed by atoms with Crippen molar-refractivity contribution < 1.29 is 9.53 Å². The molecule has 0 aliphatic heterocycles. The highest BCUT2D eigenvalue weighted by Crippen LogP contribution is 2.17. The van der Waals surface area contributed by atoms with Crippen molar-refractivity contribution in [2.24, 2.45) is 4.99 Å². The second-order valence-electron chi connectivity index (χ2n) is 5.81. The molecule has 0 fully saturated rings. The molecular formula is C20H26ClIN4O2. The second-order valence-corrected chi connectivity index (χ2v) is 6.25. The zero-order valence-electron chi connectivity index (χ0n) is 16.0. The molecule has 3 N–H and O–H groups in total. The molecule has 0 aromatic heterocycles. The normalized spacial score (nSPS) is 10.6. The quantitative estimate of drug-likeness (QED) is 0.214. The van der Waals surface area contributed by atoms with Crippen molar-refractivity contribution in [1.82, 2.24) is 10.6 Å². The number of nitrogens with zero attached hydrogens (tertiary/aromatic N) is 1. The van der Waals surface area contributed by atoms with Crippen molar-refractivity contribution in [2.45, 2.75) is 20.4 Å². The molecule has 0 bridgehead atoms. The standard InChI is InChI=1S/C20H25ClN4O2.HI/c1-3-22-20(24-14-16-6-4-7-17(21)12-16)23-10-11-27-19-9-5-8-18(13-19)25-15(2)26;/h4-9,12-13H,3,10-11,14H2,1-2H3,(H,25,26)(H2,22,23,24);1H.